The van der Waals surface area contributed by atoms with Gasteiger partial charge < -0.3 is 4.74 Å². The summed E-state index contributed by atoms with van der Waals surface area (Å²) in [6.45, 7) is -0.520. The third kappa shape index (κ3) is 4.09. The van der Waals surface area contributed by atoms with Gasteiger partial charge in [-0.3, -0.25) is 4.79 Å². The van der Waals surface area contributed by atoms with E-state index in [2.05, 4.69) is 9.82 Å². The zero-order chi connectivity index (χ0) is 21.1. The second-order valence-electron chi connectivity index (χ2n) is 6.59. The highest BCUT2D eigenvalue weighted by Gasteiger charge is 2.34. The summed E-state index contributed by atoms with van der Waals surface area (Å²) in [5.74, 6) is -0.510. The Morgan fingerprint density at radius 3 is 2.37 bits per heavy atom. The Labute approximate surface area is 172 Å². The molecule has 3 aromatic rings. The molecule has 0 saturated carbocycles. The van der Waals surface area contributed by atoms with Crippen LogP contribution in [0.5, 0.6) is 0 Å². The van der Waals surface area contributed by atoms with Crippen molar-refractivity contribution in [2.24, 2.45) is 0 Å². The van der Waals surface area contributed by atoms with Gasteiger partial charge in [-0.1, -0.05) is 30.3 Å². The third-order valence-corrected chi connectivity index (χ3v) is 6.11. The van der Waals surface area contributed by atoms with Gasteiger partial charge in [0.05, 0.1) is 23.2 Å². The summed E-state index contributed by atoms with van der Waals surface area (Å²) in [4.78, 5) is 24.7. The normalized spacial score (nSPS) is 15.3. The fraction of sp³-hybridized carbons (Fsp3) is 0.150. The first-order valence-corrected chi connectivity index (χ1v) is 10.6. The second kappa shape index (κ2) is 8.09. The number of rotatable bonds is 7. The number of hydrogen-bond donors (Lipinski definition) is 1. The lowest BCUT2D eigenvalue weighted by molar-refractivity contribution is -0.126. The Balaban J connectivity index is 1.59. The number of aromatic nitrogens is 2. The average Bonchev–Trinajstić information content (AvgIpc) is 3.40. The highest BCUT2D eigenvalue weighted by atomic mass is 32.2. The van der Waals surface area contributed by atoms with Crippen molar-refractivity contribution in [2.45, 2.75) is 10.9 Å². The SMILES string of the molecule is O=C1COC(=O)N1CC(NS(=O)(=O)c1ccc(-n2cccn2)cc1)c1ccccc1. The fourth-order valence-electron chi connectivity index (χ4n) is 3.09. The molecule has 2 amide bonds. The number of nitrogens with one attached hydrogen (secondary N) is 1. The zero-order valence-electron chi connectivity index (χ0n) is 15.7. The molecule has 0 spiro atoms. The quantitative estimate of drug-likeness (QED) is 0.618. The molecule has 0 aliphatic carbocycles. The van der Waals surface area contributed by atoms with Crippen molar-refractivity contribution in [1.29, 1.82) is 0 Å². The molecule has 154 valence electrons. The number of ether oxygens (including phenoxy) is 1. The molecule has 1 N–H and O–H groups in total. The van der Waals surface area contributed by atoms with Gasteiger partial charge in [-0.25, -0.2) is 27.5 Å². The highest BCUT2D eigenvalue weighted by molar-refractivity contribution is 7.89. The molecule has 1 fully saturated rings. The maximum absolute atomic E-state index is 13.0. The van der Waals surface area contributed by atoms with Crippen molar-refractivity contribution in [3.05, 3.63) is 78.6 Å². The van der Waals surface area contributed by atoms with Crippen LogP contribution in [0, 0.1) is 0 Å². The molecule has 1 saturated heterocycles. The molecule has 1 unspecified atom stereocenters. The first-order chi connectivity index (χ1) is 14.4. The van der Waals surface area contributed by atoms with Crippen LogP contribution in [0.3, 0.4) is 0 Å². The predicted molar refractivity (Wildman–Crippen MR) is 106 cm³/mol. The van der Waals surface area contributed by atoms with E-state index in [1.807, 2.05) is 0 Å². The van der Waals surface area contributed by atoms with Crippen LogP contribution in [0.15, 0.2) is 78.0 Å². The van der Waals surface area contributed by atoms with E-state index in [4.69, 9.17) is 4.74 Å². The van der Waals surface area contributed by atoms with E-state index in [1.54, 1.807) is 65.6 Å². The lowest BCUT2D eigenvalue weighted by atomic mass is 10.1. The summed E-state index contributed by atoms with van der Waals surface area (Å²) in [6.07, 6.45) is 2.59. The van der Waals surface area contributed by atoms with Crippen LogP contribution in [-0.2, 0) is 19.6 Å². The van der Waals surface area contributed by atoms with E-state index >= 15 is 0 Å². The number of nitrogens with zero attached hydrogens (tertiary/aromatic N) is 3. The van der Waals surface area contributed by atoms with E-state index in [1.165, 1.54) is 12.1 Å². The lowest BCUT2D eigenvalue weighted by Crippen LogP contribution is -2.40. The van der Waals surface area contributed by atoms with Crippen molar-refractivity contribution in [3.8, 4) is 5.69 Å². The van der Waals surface area contributed by atoms with Crippen molar-refractivity contribution in [3.63, 3.8) is 0 Å². The van der Waals surface area contributed by atoms with Crippen LogP contribution >= 0.6 is 0 Å². The summed E-state index contributed by atoms with van der Waals surface area (Å²) >= 11 is 0. The number of benzene rings is 2. The highest BCUT2D eigenvalue weighted by Crippen LogP contribution is 2.21. The van der Waals surface area contributed by atoms with Crippen LogP contribution in [0.25, 0.3) is 5.69 Å². The van der Waals surface area contributed by atoms with E-state index in [0.717, 1.165) is 4.90 Å². The Morgan fingerprint density at radius 1 is 1.03 bits per heavy atom. The molecule has 0 radical (unpaired) electrons. The number of amides is 2. The van der Waals surface area contributed by atoms with E-state index in [9.17, 15) is 18.0 Å². The minimum Gasteiger partial charge on any atom is -0.439 e. The lowest BCUT2D eigenvalue weighted by Gasteiger charge is -2.22. The first kappa shape index (κ1) is 19.8. The molecule has 1 aromatic heterocycles. The number of carbonyl (C=O) groups is 2. The minimum atomic E-state index is -3.94. The summed E-state index contributed by atoms with van der Waals surface area (Å²) in [5.41, 5.74) is 1.32. The molecule has 2 aromatic carbocycles. The summed E-state index contributed by atoms with van der Waals surface area (Å²) in [6, 6.07) is 15.9. The molecule has 0 bridgehead atoms. The van der Waals surface area contributed by atoms with Crippen molar-refractivity contribution < 1.29 is 22.7 Å². The number of hydrogen-bond acceptors (Lipinski definition) is 6. The molecule has 1 aliphatic rings. The van der Waals surface area contributed by atoms with Crippen LogP contribution in [0.1, 0.15) is 11.6 Å². The Kier molecular flexibility index (Phi) is 5.34. The van der Waals surface area contributed by atoms with Gasteiger partial charge in [0.2, 0.25) is 10.0 Å². The predicted octanol–water partition coefficient (Wildman–Crippen LogP) is 1.87. The average molecular weight is 426 g/mol. The number of carbonyl (C=O) groups excluding carboxylic acids is 2. The monoisotopic (exact) mass is 426 g/mol. The smallest absolute Gasteiger partial charge is 0.417 e. The standard InChI is InChI=1S/C20H18N4O5S/c25-19-14-29-20(26)23(19)13-18(15-5-2-1-3-6-15)22-30(27,28)17-9-7-16(8-10-17)24-12-4-11-21-24/h1-12,18,22H,13-14H2. The van der Waals surface area contributed by atoms with Gasteiger partial charge in [-0.2, -0.15) is 5.10 Å². The first-order valence-electron chi connectivity index (χ1n) is 9.08. The Morgan fingerprint density at radius 2 is 1.77 bits per heavy atom. The van der Waals surface area contributed by atoms with Crippen molar-refractivity contribution in [2.75, 3.05) is 13.2 Å². The summed E-state index contributed by atoms with van der Waals surface area (Å²) < 4.78 is 34.9. The third-order valence-electron chi connectivity index (χ3n) is 4.62. The molecule has 10 heteroatoms. The maximum Gasteiger partial charge on any atom is 0.417 e. The minimum absolute atomic E-state index is 0.0506. The summed E-state index contributed by atoms with van der Waals surface area (Å²) in [5, 5.41) is 4.11. The molecular weight excluding hydrogens is 408 g/mol. The van der Waals surface area contributed by atoms with Gasteiger partial charge in [0.25, 0.3) is 5.91 Å². The van der Waals surface area contributed by atoms with Gasteiger partial charge in [-0.15, -0.1) is 0 Å². The Hall–Kier alpha value is -3.50. The topological polar surface area (TPSA) is 111 Å². The molecule has 1 aliphatic heterocycles. The largest absolute Gasteiger partial charge is 0.439 e. The maximum atomic E-state index is 13.0. The second-order valence-corrected chi connectivity index (χ2v) is 8.30. The fourth-order valence-corrected chi connectivity index (χ4v) is 4.31. The number of cyclic esters (lactones) is 1. The molecule has 1 atom stereocenters. The van der Waals surface area contributed by atoms with Gasteiger partial charge in [0, 0.05) is 12.4 Å². The van der Waals surface area contributed by atoms with Gasteiger partial charge in [-0.05, 0) is 35.9 Å². The Bertz CT molecular complexity index is 1130. The number of imide groups is 1. The van der Waals surface area contributed by atoms with Gasteiger partial charge in [0.1, 0.15) is 0 Å². The molecular formula is C20H18N4O5S. The molecule has 30 heavy (non-hydrogen) atoms. The van der Waals surface area contributed by atoms with Gasteiger partial charge >= 0.3 is 6.09 Å². The van der Waals surface area contributed by atoms with Crippen molar-refractivity contribution in [1.82, 2.24) is 19.4 Å². The number of sulfonamides is 1. The van der Waals surface area contributed by atoms with Crippen LogP contribution in [-0.4, -0.2) is 48.3 Å². The molecule has 4 rings (SSSR count). The summed E-state index contributed by atoms with van der Waals surface area (Å²) in [7, 11) is -3.94. The van der Waals surface area contributed by atoms with Crippen LogP contribution in [0.4, 0.5) is 4.79 Å². The van der Waals surface area contributed by atoms with Crippen LogP contribution in [0.2, 0.25) is 0 Å². The van der Waals surface area contributed by atoms with Crippen molar-refractivity contribution >= 4 is 22.0 Å². The molecule has 2 heterocycles. The zero-order valence-corrected chi connectivity index (χ0v) is 16.5. The van der Waals surface area contributed by atoms with Crippen LogP contribution < -0.4 is 4.72 Å². The van der Waals surface area contributed by atoms with E-state index in [-0.39, 0.29) is 18.0 Å². The molecule has 9 nitrogen and oxygen atoms in total. The van der Waals surface area contributed by atoms with E-state index in [0.29, 0.717) is 11.3 Å². The van der Waals surface area contributed by atoms with E-state index < -0.39 is 28.1 Å². The van der Waals surface area contributed by atoms with Gasteiger partial charge in [0.15, 0.2) is 6.61 Å².